The van der Waals surface area contributed by atoms with E-state index < -0.39 is 5.41 Å². The topological polar surface area (TPSA) is 47.0 Å². The van der Waals surface area contributed by atoms with Crippen molar-refractivity contribution in [1.29, 1.82) is 0 Å². The molecule has 0 saturated carbocycles. The van der Waals surface area contributed by atoms with E-state index in [9.17, 15) is 9.59 Å². The third kappa shape index (κ3) is 2.05. The molecule has 1 heterocycles. The summed E-state index contributed by atoms with van der Waals surface area (Å²) in [6, 6.07) is 27.7. The fraction of sp³-hybridized carbons (Fsp3) is 0.0417. The number of nitrogens with zero attached hydrogens (tertiary/aromatic N) is 1. The van der Waals surface area contributed by atoms with Crippen molar-refractivity contribution in [2.24, 2.45) is 0 Å². The largest absolute Gasteiger partial charge is 0.292 e. The zero-order valence-corrected chi connectivity index (χ0v) is 14.4. The Kier molecular flexibility index (Phi) is 3.31. The van der Waals surface area contributed by atoms with E-state index in [2.05, 4.69) is 0 Å². The second kappa shape index (κ2) is 5.71. The summed E-state index contributed by atoms with van der Waals surface area (Å²) >= 11 is 0. The smallest absolute Gasteiger partial charge is 0.188 e. The van der Waals surface area contributed by atoms with Gasteiger partial charge in [-0.25, -0.2) is 0 Å². The van der Waals surface area contributed by atoms with Crippen LogP contribution in [0.2, 0.25) is 0 Å². The number of para-hydroxylation sites is 1. The molecule has 0 bridgehead atoms. The van der Waals surface area contributed by atoms with Crippen LogP contribution in [0, 0.1) is 0 Å². The van der Waals surface area contributed by atoms with E-state index in [1.807, 2.05) is 60.7 Å². The number of carbonyl (C=O) groups excluding carboxylic acids is 2. The monoisotopic (exact) mass is 349 g/mol. The molecule has 0 spiro atoms. The van der Waals surface area contributed by atoms with E-state index >= 15 is 0 Å². The average molecular weight is 349 g/mol. The number of pyridine rings is 1. The molecule has 0 aliphatic heterocycles. The zero-order valence-electron chi connectivity index (χ0n) is 14.4. The molecule has 128 valence electrons. The van der Waals surface area contributed by atoms with Crippen LogP contribution in [-0.4, -0.2) is 16.6 Å². The van der Waals surface area contributed by atoms with Crippen LogP contribution in [0.5, 0.6) is 0 Å². The van der Waals surface area contributed by atoms with Crippen molar-refractivity contribution >= 4 is 22.5 Å². The number of hydrogen-bond acceptors (Lipinski definition) is 3. The molecule has 27 heavy (non-hydrogen) atoms. The molecule has 0 atom stereocenters. The SMILES string of the molecule is O=C1c2ccccc2C(=O)C1(c1ccccc1)c1ccc2ccccc2n1. The predicted octanol–water partition coefficient (Wildman–Crippen LogP) is 4.60. The van der Waals surface area contributed by atoms with Crippen LogP contribution in [-0.2, 0) is 5.41 Å². The number of aromatic nitrogens is 1. The first-order valence-corrected chi connectivity index (χ1v) is 8.83. The quantitative estimate of drug-likeness (QED) is 0.497. The molecule has 1 aliphatic rings. The number of ketones is 2. The van der Waals surface area contributed by atoms with Gasteiger partial charge < -0.3 is 0 Å². The first kappa shape index (κ1) is 15.6. The second-order valence-electron chi connectivity index (χ2n) is 6.71. The van der Waals surface area contributed by atoms with Gasteiger partial charge >= 0.3 is 0 Å². The third-order valence-electron chi connectivity index (χ3n) is 5.29. The molecule has 3 nitrogen and oxygen atoms in total. The van der Waals surface area contributed by atoms with Gasteiger partial charge in [0.25, 0.3) is 0 Å². The molecule has 1 aromatic heterocycles. The van der Waals surface area contributed by atoms with Crippen molar-refractivity contribution in [2.75, 3.05) is 0 Å². The van der Waals surface area contributed by atoms with Crippen LogP contribution >= 0.6 is 0 Å². The van der Waals surface area contributed by atoms with Crippen LogP contribution in [0.25, 0.3) is 10.9 Å². The first-order valence-electron chi connectivity index (χ1n) is 8.83. The Balaban J connectivity index is 1.86. The van der Waals surface area contributed by atoms with Crippen molar-refractivity contribution < 1.29 is 9.59 Å². The standard InChI is InChI=1S/C24H15NO2/c26-22-18-11-5-6-12-19(18)23(27)24(22,17-9-2-1-3-10-17)21-15-14-16-8-4-7-13-20(16)25-21/h1-15H. The highest BCUT2D eigenvalue weighted by molar-refractivity contribution is 6.35. The molecule has 1 aliphatic carbocycles. The van der Waals surface area contributed by atoms with Crippen LogP contribution in [0.3, 0.4) is 0 Å². The van der Waals surface area contributed by atoms with Gasteiger partial charge in [-0.1, -0.05) is 78.9 Å². The zero-order chi connectivity index (χ0) is 18.4. The fourth-order valence-electron chi connectivity index (χ4n) is 3.99. The summed E-state index contributed by atoms with van der Waals surface area (Å²) in [6.07, 6.45) is 0. The Morgan fingerprint density at radius 1 is 0.593 bits per heavy atom. The van der Waals surface area contributed by atoms with E-state index in [1.54, 1.807) is 30.3 Å². The van der Waals surface area contributed by atoms with E-state index in [0.29, 0.717) is 22.4 Å². The van der Waals surface area contributed by atoms with E-state index in [-0.39, 0.29) is 11.6 Å². The lowest BCUT2D eigenvalue weighted by molar-refractivity contribution is 0.0826. The molecule has 0 radical (unpaired) electrons. The van der Waals surface area contributed by atoms with Crippen LogP contribution < -0.4 is 0 Å². The summed E-state index contributed by atoms with van der Waals surface area (Å²) < 4.78 is 0. The van der Waals surface area contributed by atoms with Gasteiger partial charge in [0.05, 0.1) is 11.2 Å². The van der Waals surface area contributed by atoms with Crippen molar-refractivity contribution in [1.82, 2.24) is 4.98 Å². The lowest BCUT2D eigenvalue weighted by atomic mass is 9.73. The summed E-state index contributed by atoms with van der Waals surface area (Å²) in [4.78, 5) is 32.0. The maximum atomic E-state index is 13.6. The van der Waals surface area contributed by atoms with Gasteiger partial charge in [-0.05, 0) is 17.7 Å². The van der Waals surface area contributed by atoms with Crippen LogP contribution in [0.15, 0.2) is 91.0 Å². The number of hydrogen-bond donors (Lipinski definition) is 0. The molecule has 0 saturated heterocycles. The molecular formula is C24H15NO2. The lowest BCUT2D eigenvalue weighted by Gasteiger charge is -2.26. The Morgan fingerprint density at radius 3 is 1.89 bits per heavy atom. The van der Waals surface area contributed by atoms with Gasteiger partial charge in [-0.15, -0.1) is 0 Å². The Bertz CT molecular complexity index is 1180. The maximum absolute atomic E-state index is 13.6. The number of Topliss-reactive ketones (excluding diaryl/α,β-unsaturated/α-hetero) is 2. The number of carbonyl (C=O) groups is 2. The minimum Gasteiger partial charge on any atom is -0.292 e. The second-order valence-corrected chi connectivity index (χ2v) is 6.71. The predicted molar refractivity (Wildman–Crippen MR) is 104 cm³/mol. The average Bonchev–Trinajstić information content (AvgIpc) is 2.96. The van der Waals surface area contributed by atoms with Crippen molar-refractivity contribution in [3.8, 4) is 0 Å². The molecule has 3 heteroatoms. The van der Waals surface area contributed by atoms with Crippen molar-refractivity contribution in [3.63, 3.8) is 0 Å². The normalized spacial score (nSPS) is 15.1. The van der Waals surface area contributed by atoms with Gasteiger partial charge in [0.2, 0.25) is 0 Å². The van der Waals surface area contributed by atoms with Gasteiger partial charge in [0.15, 0.2) is 17.0 Å². The van der Waals surface area contributed by atoms with Crippen LogP contribution in [0.1, 0.15) is 32.0 Å². The van der Waals surface area contributed by atoms with Gasteiger partial charge in [-0.3, -0.25) is 14.6 Å². The fourth-order valence-corrected chi connectivity index (χ4v) is 3.99. The molecular weight excluding hydrogens is 334 g/mol. The highest BCUT2D eigenvalue weighted by Gasteiger charge is 2.56. The molecule has 5 rings (SSSR count). The Hall–Kier alpha value is -3.59. The minimum atomic E-state index is -1.44. The number of rotatable bonds is 2. The highest BCUT2D eigenvalue weighted by atomic mass is 16.2. The molecule has 0 unspecified atom stereocenters. The minimum absolute atomic E-state index is 0.211. The van der Waals surface area contributed by atoms with Gasteiger partial charge in [0.1, 0.15) is 0 Å². The third-order valence-corrected chi connectivity index (χ3v) is 5.29. The van der Waals surface area contributed by atoms with Crippen molar-refractivity contribution in [3.05, 3.63) is 113 Å². The van der Waals surface area contributed by atoms with Crippen molar-refractivity contribution in [2.45, 2.75) is 5.41 Å². The van der Waals surface area contributed by atoms with E-state index in [1.165, 1.54) is 0 Å². The Labute approximate surface area is 156 Å². The van der Waals surface area contributed by atoms with E-state index in [4.69, 9.17) is 4.98 Å². The van der Waals surface area contributed by atoms with Crippen LogP contribution in [0.4, 0.5) is 0 Å². The molecule has 0 N–H and O–H groups in total. The summed E-state index contributed by atoms with van der Waals surface area (Å²) in [6.45, 7) is 0. The highest BCUT2D eigenvalue weighted by Crippen LogP contribution is 2.44. The summed E-state index contributed by atoms with van der Waals surface area (Å²) in [5.74, 6) is -0.422. The summed E-state index contributed by atoms with van der Waals surface area (Å²) in [7, 11) is 0. The van der Waals surface area contributed by atoms with Gasteiger partial charge in [-0.2, -0.15) is 0 Å². The Morgan fingerprint density at radius 2 is 1.19 bits per heavy atom. The number of benzene rings is 3. The van der Waals surface area contributed by atoms with E-state index in [0.717, 1.165) is 10.9 Å². The first-order chi connectivity index (χ1) is 13.2. The molecule has 0 amide bonds. The molecule has 3 aromatic carbocycles. The van der Waals surface area contributed by atoms with Gasteiger partial charge in [0, 0.05) is 16.5 Å². The summed E-state index contributed by atoms with van der Waals surface area (Å²) in [5, 5.41) is 0.972. The summed E-state index contributed by atoms with van der Waals surface area (Å²) in [5.41, 5.74) is 1.37. The lowest BCUT2D eigenvalue weighted by Crippen LogP contribution is -2.40. The molecule has 0 fully saturated rings. The number of fused-ring (bicyclic) bond motifs is 2. The maximum Gasteiger partial charge on any atom is 0.188 e. The molecule has 4 aromatic rings.